The normalized spacial score (nSPS) is 21.6. The van der Waals surface area contributed by atoms with Crippen molar-refractivity contribution in [3.63, 3.8) is 0 Å². The topological polar surface area (TPSA) is 67.3 Å². The second kappa shape index (κ2) is 3.43. The van der Waals surface area contributed by atoms with Crippen LogP contribution in [0.1, 0.15) is 23.2 Å². The molecule has 1 saturated heterocycles. The Balaban J connectivity index is 2.30. The summed E-state index contributed by atoms with van der Waals surface area (Å²) in [6.45, 7) is 1.81. The standard InChI is InChI=1S/C7H7ClN2O3S2/c1-4-9-5(3-14-4)6-2-7(11)10(6)15(8,12)13/h3,6H,2H2,1H3. The SMILES string of the molecule is Cc1nc(C2CC(=O)N2S(=O)(=O)Cl)cs1. The van der Waals surface area contributed by atoms with E-state index in [0.29, 0.717) is 10.00 Å². The maximum Gasteiger partial charge on any atom is 0.324 e. The summed E-state index contributed by atoms with van der Waals surface area (Å²) >= 11 is 1.41. The molecule has 1 fully saturated rings. The minimum Gasteiger partial charge on any atom is -0.274 e. The number of β-lactam (4-membered cyclic amide) rings is 1. The predicted molar refractivity (Wildman–Crippen MR) is 55.8 cm³/mol. The summed E-state index contributed by atoms with van der Waals surface area (Å²) in [6.07, 6.45) is 0.148. The second-order valence-corrected chi connectivity index (χ2v) is 6.59. The van der Waals surface area contributed by atoms with Gasteiger partial charge in [-0.1, -0.05) is 0 Å². The van der Waals surface area contributed by atoms with Crippen LogP contribution in [-0.2, 0) is 14.0 Å². The minimum atomic E-state index is -3.98. The van der Waals surface area contributed by atoms with Crippen LogP contribution in [0.15, 0.2) is 5.38 Å². The van der Waals surface area contributed by atoms with Crippen LogP contribution >= 0.6 is 22.0 Å². The Bertz CT molecular complexity index is 510. The highest BCUT2D eigenvalue weighted by Crippen LogP contribution is 2.38. The van der Waals surface area contributed by atoms with Crippen LogP contribution in [0.2, 0.25) is 0 Å². The quantitative estimate of drug-likeness (QED) is 0.596. The molecule has 0 N–H and O–H groups in total. The van der Waals surface area contributed by atoms with Gasteiger partial charge < -0.3 is 0 Å². The van der Waals surface area contributed by atoms with Gasteiger partial charge in [0.25, 0.3) is 0 Å². The molecule has 0 bridgehead atoms. The van der Waals surface area contributed by atoms with Crippen LogP contribution < -0.4 is 0 Å². The summed E-state index contributed by atoms with van der Waals surface area (Å²) in [5, 5.41) is 2.57. The molecule has 1 amide bonds. The fourth-order valence-corrected chi connectivity index (χ4v) is 3.41. The van der Waals surface area contributed by atoms with E-state index >= 15 is 0 Å². The molecule has 5 nitrogen and oxygen atoms in total. The van der Waals surface area contributed by atoms with Crippen molar-refractivity contribution >= 4 is 37.2 Å². The third-order valence-electron chi connectivity index (χ3n) is 2.11. The van der Waals surface area contributed by atoms with Crippen LogP contribution in [0.3, 0.4) is 0 Å². The predicted octanol–water partition coefficient (Wildman–Crippen LogP) is 1.21. The monoisotopic (exact) mass is 266 g/mol. The van der Waals surface area contributed by atoms with Crippen molar-refractivity contribution in [1.29, 1.82) is 0 Å². The van der Waals surface area contributed by atoms with E-state index in [1.807, 2.05) is 6.92 Å². The molecule has 1 aromatic heterocycles. The van der Waals surface area contributed by atoms with Gasteiger partial charge in [0, 0.05) is 16.1 Å². The molecule has 0 spiro atoms. The number of thiazole rings is 1. The molecular formula is C7H7ClN2O3S2. The van der Waals surface area contributed by atoms with Crippen molar-refractivity contribution in [3.05, 3.63) is 16.1 Å². The average Bonchev–Trinajstić information content (AvgIpc) is 2.43. The lowest BCUT2D eigenvalue weighted by molar-refractivity contribution is -0.137. The van der Waals surface area contributed by atoms with Crippen molar-refractivity contribution in [3.8, 4) is 0 Å². The zero-order valence-electron chi connectivity index (χ0n) is 7.68. The first-order valence-corrected chi connectivity index (χ1v) is 7.23. The number of rotatable bonds is 2. The van der Waals surface area contributed by atoms with Crippen LogP contribution in [-0.4, -0.2) is 23.6 Å². The molecule has 2 rings (SSSR count). The largest absolute Gasteiger partial charge is 0.324 e. The van der Waals surface area contributed by atoms with Gasteiger partial charge in [0.05, 0.1) is 17.1 Å². The summed E-state index contributed by atoms with van der Waals surface area (Å²) in [4.78, 5) is 15.2. The lowest BCUT2D eigenvalue weighted by atomic mass is 10.0. The van der Waals surface area contributed by atoms with Gasteiger partial charge in [-0.05, 0) is 6.92 Å². The molecule has 0 radical (unpaired) electrons. The Morgan fingerprint density at radius 1 is 1.67 bits per heavy atom. The van der Waals surface area contributed by atoms with Crippen molar-refractivity contribution in [2.45, 2.75) is 19.4 Å². The molecular weight excluding hydrogens is 260 g/mol. The van der Waals surface area contributed by atoms with E-state index in [4.69, 9.17) is 10.7 Å². The van der Waals surface area contributed by atoms with Crippen LogP contribution in [0.25, 0.3) is 0 Å². The van der Waals surface area contributed by atoms with Gasteiger partial charge in [-0.15, -0.1) is 11.3 Å². The summed E-state index contributed by atoms with van der Waals surface area (Å²) in [6, 6.07) is -0.523. The van der Waals surface area contributed by atoms with Crippen molar-refractivity contribution in [2.75, 3.05) is 0 Å². The number of amides is 1. The van der Waals surface area contributed by atoms with E-state index in [-0.39, 0.29) is 6.42 Å². The van der Waals surface area contributed by atoms with E-state index in [9.17, 15) is 13.2 Å². The number of aromatic nitrogens is 1. The van der Waals surface area contributed by atoms with E-state index in [2.05, 4.69) is 4.98 Å². The van der Waals surface area contributed by atoms with Gasteiger partial charge in [-0.3, -0.25) is 4.79 Å². The summed E-state index contributed by atoms with van der Waals surface area (Å²) < 4.78 is 22.8. The van der Waals surface area contributed by atoms with E-state index < -0.39 is 21.2 Å². The molecule has 1 aliphatic rings. The number of carbonyl (C=O) groups excluding carboxylic acids is 1. The van der Waals surface area contributed by atoms with Crippen LogP contribution in [0.5, 0.6) is 0 Å². The van der Waals surface area contributed by atoms with Gasteiger partial charge in [0.2, 0.25) is 5.91 Å². The summed E-state index contributed by atoms with van der Waals surface area (Å²) in [7, 11) is 1.15. The number of halogens is 1. The molecule has 1 atom stereocenters. The smallest absolute Gasteiger partial charge is 0.274 e. The number of hydrogen-bond acceptors (Lipinski definition) is 5. The Morgan fingerprint density at radius 2 is 2.33 bits per heavy atom. The zero-order chi connectivity index (χ0) is 11.2. The molecule has 1 unspecified atom stereocenters. The highest BCUT2D eigenvalue weighted by Gasteiger charge is 2.45. The zero-order valence-corrected chi connectivity index (χ0v) is 10.1. The molecule has 0 aromatic carbocycles. The Kier molecular flexibility index (Phi) is 2.48. The molecule has 0 saturated carbocycles. The van der Waals surface area contributed by atoms with Crippen molar-refractivity contribution in [1.82, 2.24) is 9.29 Å². The van der Waals surface area contributed by atoms with E-state index in [0.717, 1.165) is 5.01 Å². The Morgan fingerprint density at radius 3 is 2.73 bits per heavy atom. The first kappa shape index (κ1) is 10.8. The van der Waals surface area contributed by atoms with Crippen molar-refractivity contribution < 1.29 is 13.2 Å². The van der Waals surface area contributed by atoms with Gasteiger partial charge >= 0.3 is 9.24 Å². The first-order chi connectivity index (χ1) is 6.89. The summed E-state index contributed by atoms with van der Waals surface area (Å²) in [5.41, 5.74) is 0.585. The van der Waals surface area contributed by atoms with Gasteiger partial charge in [0.15, 0.2) is 0 Å². The van der Waals surface area contributed by atoms with Gasteiger partial charge in [-0.25, -0.2) is 9.29 Å². The lowest BCUT2D eigenvalue weighted by Gasteiger charge is -2.35. The fraction of sp³-hybridized carbons (Fsp3) is 0.429. The molecule has 82 valence electrons. The Labute approximate surface area is 95.2 Å². The van der Waals surface area contributed by atoms with E-state index in [1.165, 1.54) is 11.3 Å². The minimum absolute atomic E-state index is 0.148. The number of aryl methyl sites for hydroxylation is 1. The second-order valence-electron chi connectivity index (χ2n) is 3.14. The molecule has 15 heavy (non-hydrogen) atoms. The Hall–Kier alpha value is -0.660. The van der Waals surface area contributed by atoms with Gasteiger partial charge in [-0.2, -0.15) is 8.42 Å². The van der Waals surface area contributed by atoms with Crippen LogP contribution in [0.4, 0.5) is 0 Å². The molecule has 2 heterocycles. The fourth-order valence-electron chi connectivity index (χ4n) is 1.43. The maximum absolute atomic E-state index is 11.1. The third-order valence-corrected chi connectivity index (χ3v) is 4.28. The molecule has 8 heteroatoms. The van der Waals surface area contributed by atoms with E-state index in [1.54, 1.807) is 5.38 Å². The highest BCUT2D eigenvalue weighted by atomic mass is 35.7. The number of nitrogens with zero attached hydrogens (tertiary/aromatic N) is 2. The highest BCUT2D eigenvalue weighted by molar-refractivity contribution is 8.12. The molecule has 1 aliphatic heterocycles. The average molecular weight is 267 g/mol. The maximum atomic E-state index is 11.1. The first-order valence-electron chi connectivity index (χ1n) is 4.08. The number of carbonyl (C=O) groups is 1. The summed E-state index contributed by atoms with van der Waals surface area (Å²) in [5.74, 6) is -0.486. The molecule has 0 aliphatic carbocycles. The van der Waals surface area contributed by atoms with Crippen molar-refractivity contribution in [2.24, 2.45) is 0 Å². The third kappa shape index (κ3) is 1.86. The number of hydrogen-bond donors (Lipinski definition) is 0. The van der Waals surface area contributed by atoms with Gasteiger partial charge in [0.1, 0.15) is 6.04 Å². The molecule has 1 aromatic rings. The lowest BCUT2D eigenvalue weighted by Crippen LogP contribution is -2.48. The van der Waals surface area contributed by atoms with Crippen LogP contribution in [0, 0.1) is 6.92 Å².